The first-order chi connectivity index (χ1) is 14.0. The van der Waals surface area contributed by atoms with E-state index in [1.807, 2.05) is 29.2 Å². The van der Waals surface area contributed by atoms with Crippen molar-refractivity contribution >= 4 is 33.2 Å². The van der Waals surface area contributed by atoms with Crippen molar-refractivity contribution in [2.45, 2.75) is 39.3 Å². The van der Waals surface area contributed by atoms with Crippen LogP contribution in [0.15, 0.2) is 71.2 Å². The summed E-state index contributed by atoms with van der Waals surface area (Å²) < 4.78 is 0.972. The highest BCUT2D eigenvalue weighted by atomic mass is 79.9. The first-order valence-corrected chi connectivity index (χ1v) is 10.8. The second-order valence-corrected chi connectivity index (χ2v) is 8.71. The van der Waals surface area contributed by atoms with Gasteiger partial charge in [-0.2, -0.15) is 0 Å². The number of carbonyl (C=O) groups is 1. The molecule has 3 aromatic rings. The highest BCUT2D eigenvalue weighted by molar-refractivity contribution is 9.10. The van der Waals surface area contributed by atoms with E-state index >= 15 is 0 Å². The summed E-state index contributed by atoms with van der Waals surface area (Å²) in [6, 6.07) is 22.5. The standard InChI is InChI=1S/C25H25BrN2O/c1-16-7-4-5-10-22(16)27-23-15-18(3)28(24-17(2)8-6-9-21(23)24)25(29)19-11-13-20(26)14-12-19/h4-14,18,23,27H,15H2,1-3H3/t18-,23+/m1/s1. The number of amides is 1. The van der Waals surface area contributed by atoms with Crippen LogP contribution in [0.5, 0.6) is 0 Å². The molecule has 4 rings (SSSR count). The molecule has 148 valence electrons. The van der Waals surface area contributed by atoms with Gasteiger partial charge in [0.05, 0.1) is 11.7 Å². The minimum absolute atomic E-state index is 0.0508. The monoisotopic (exact) mass is 448 g/mol. The number of hydrogen-bond acceptors (Lipinski definition) is 2. The maximum absolute atomic E-state index is 13.4. The van der Waals surface area contributed by atoms with Crippen molar-refractivity contribution in [2.75, 3.05) is 10.2 Å². The molecule has 4 heteroatoms. The van der Waals surface area contributed by atoms with Crippen molar-refractivity contribution in [1.82, 2.24) is 0 Å². The summed E-state index contributed by atoms with van der Waals surface area (Å²) in [4.78, 5) is 15.4. The molecule has 1 heterocycles. The van der Waals surface area contributed by atoms with Crippen LogP contribution in [-0.2, 0) is 0 Å². The summed E-state index contributed by atoms with van der Waals surface area (Å²) in [5, 5.41) is 3.73. The van der Waals surface area contributed by atoms with Crippen LogP contribution in [0.1, 0.15) is 46.4 Å². The number of benzene rings is 3. The normalized spacial score (nSPS) is 18.3. The van der Waals surface area contributed by atoms with E-state index < -0.39 is 0 Å². The molecule has 0 saturated heterocycles. The highest BCUT2D eigenvalue weighted by Gasteiger charge is 2.35. The van der Waals surface area contributed by atoms with Gasteiger partial charge in [0.2, 0.25) is 0 Å². The highest BCUT2D eigenvalue weighted by Crippen LogP contribution is 2.41. The van der Waals surface area contributed by atoms with Crippen molar-refractivity contribution in [3.8, 4) is 0 Å². The number of nitrogens with one attached hydrogen (secondary N) is 1. The van der Waals surface area contributed by atoms with E-state index in [1.54, 1.807) is 0 Å². The molecule has 0 aromatic heterocycles. The van der Waals surface area contributed by atoms with E-state index in [0.29, 0.717) is 5.56 Å². The summed E-state index contributed by atoms with van der Waals surface area (Å²) in [7, 11) is 0. The Balaban J connectivity index is 1.74. The van der Waals surface area contributed by atoms with Crippen LogP contribution in [-0.4, -0.2) is 11.9 Å². The van der Waals surface area contributed by atoms with E-state index in [9.17, 15) is 4.79 Å². The topological polar surface area (TPSA) is 32.3 Å². The molecule has 1 N–H and O–H groups in total. The molecule has 3 aromatic carbocycles. The lowest BCUT2D eigenvalue weighted by Crippen LogP contribution is -2.44. The third kappa shape index (κ3) is 3.82. The van der Waals surface area contributed by atoms with Crippen LogP contribution in [0.2, 0.25) is 0 Å². The number of nitrogens with zero attached hydrogens (tertiary/aromatic N) is 1. The summed E-state index contributed by atoms with van der Waals surface area (Å²) in [5.41, 5.74) is 6.41. The molecule has 0 bridgehead atoms. The number of fused-ring (bicyclic) bond motifs is 1. The lowest BCUT2D eigenvalue weighted by atomic mass is 9.88. The van der Waals surface area contributed by atoms with Crippen molar-refractivity contribution in [3.63, 3.8) is 0 Å². The van der Waals surface area contributed by atoms with E-state index in [1.165, 1.54) is 11.1 Å². The first-order valence-electron chi connectivity index (χ1n) is 9.96. The summed E-state index contributed by atoms with van der Waals surface area (Å²) in [5.74, 6) is 0.0508. The van der Waals surface area contributed by atoms with Gasteiger partial charge in [0.1, 0.15) is 0 Å². The van der Waals surface area contributed by atoms with Gasteiger partial charge in [-0.1, -0.05) is 52.3 Å². The number of hydrogen-bond donors (Lipinski definition) is 1. The number of halogens is 1. The van der Waals surface area contributed by atoms with Gasteiger partial charge in [0.25, 0.3) is 5.91 Å². The van der Waals surface area contributed by atoms with Crippen molar-refractivity contribution in [3.05, 3.63) is 93.5 Å². The Bertz CT molecular complexity index is 1040. The summed E-state index contributed by atoms with van der Waals surface area (Å²) in [6.45, 7) is 6.34. The second-order valence-electron chi connectivity index (χ2n) is 7.79. The van der Waals surface area contributed by atoms with Crippen molar-refractivity contribution in [1.29, 1.82) is 0 Å². The van der Waals surface area contributed by atoms with Gasteiger partial charge in [-0.15, -0.1) is 0 Å². The fraction of sp³-hybridized carbons (Fsp3) is 0.240. The van der Waals surface area contributed by atoms with Gasteiger partial charge in [-0.3, -0.25) is 4.79 Å². The maximum Gasteiger partial charge on any atom is 0.258 e. The van der Waals surface area contributed by atoms with E-state index in [0.717, 1.165) is 27.8 Å². The smallest absolute Gasteiger partial charge is 0.258 e. The Labute approximate surface area is 180 Å². The predicted octanol–water partition coefficient (Wildman–Crippen LogP) is 6.66. The molecule has 1 aliphatic heterocycles. The van der Waals surface area contributed by atoms with Crippen LogP contribution in [0, 0.1) is 13.8 Å². The average molecular weight is 449 g/mol. The minimum atomic E-state index is 0.0508. The van der Waals surface area contributed by atoms with Crippen LogP contribution in [0.25, 0.3) is 0 Å². The van der Waals surface area contributed by atoms with E-state index in [4.69, 9.17) is 0 Å². The zero-order valence-electron chi connectivity index (χ0n) is 16.9. The Morgan fingerprint density at radius 1 is 0.966 bits per heavy atom. The predicted molar refractivity (Wildman–Crippen MR) is 124 cm³/mol. The van der Waals surface area contributed by atoms with Gasteiger partial charge in [0, 0.05) is 21.8 Å². The summed E-state index contributed by atoms with van der Waals surface area (Å²) in [6.07, 6.45) is 0.854. The number of carbonyl (C=O) groups excluding carboxylic acids is 1. The Hall–Kier alpha value is -2.59. The molecule has 3 nitrogen and oxygen atoms in total. The molecule has 0 aliphatic carbocycles. The Kier molecular flexibility index (Phi) is 5.46. The van der Waals surface area contributed by atoms with Gasteiger partial charge in [-0.05, 0) is 74.2 Å². The van der Waals surface area contributed by atoms with Gasteiger partial charge in [-0.25, -0.2) is 0 Å². The SMILES string of the molecule is Cc1ccccc1N[C@H]1C[C@@H](C)N(C(=O)c2ccc(Br)cc2)c2c(C)cccc21. The van der Waals surface area contributed by atoms with E-state index in [2.05, 4.69) is 84.5 Å². The van der Waals surface area contributed by atoms with Gasteiger partial charge in [0.15, 0.2) is 0 Å². The maximum atomic E-state index is 13.4. The molecule has 1 aliphatic rings. The number of anilines is 2. The molecule has 0 radical (unpaired) electrons. The molecule has 0 fully saturated rings. The van der Waals surface area contributed by atoms with Crippen LogP contribution in [0.3, 0.4) is 0 Å². The molecule has 0 saturated carbocycles. The van der Waals surface area contributed by atoms with Gasteiger partial charge < -0.3 is 10.2 Å². The molecular weight excluding hydrogens is 424 g/mol. The van der Waals surface area contributed by atoms with Crippen molar-refractivity contribution in [2.24, 2.45) is 0 Å². The largest absolute Gasteiger partial charge is 0.378 e. The summed E-state index contributed by atoms with van der Waals surface area (Å²) >= 11 is 3.45. The molecule has 1 amide bonds. The fourth-order valence-electron chi connectivity index (χ4n) is 4.18. The van der Waals surface area contributed by atoms with Crippen molar-refractivity contribution < 1.29 is 4.79 Å². The Morgan fingerprint density at radius 3 is 2.38 bits per heavy atom. The van der Waals surface area contributed by atoms with Crippen LogP contribution >= 0.6 is 15.9 Å². The first kappa shape index (κ1) is 19.7. The third-order valence-corrected chi connectivity index (χ3v) is 6.22. The molecule has 0 unspecified atom stereocenters. The number of para-hydroxylation sites is 2. The molecule has 0 spiro atoms. The molecular formula is C25H25BrN2O. The fourth-order valence-corrected chi connectivity index (χ4v) is 4.44. The van der Waals surface area contributed by atoms with Crippen LogP contribution < -0.4 is 10.2 Å². The molecule has 29 heavy (non-hydrogen) atoms. The second kappa shape index (κ2) is 8.03. The zero-order valence-corrected chi connectivity index (χ0v) is 18.5. The average Bonchev–Trinajstić information content (AvgIpc) is 2.70. The van der Waals surface area contributed by atoms with E-state index in [-0.39, 0.29) is 18.0 Å². The quantitative estimate of drug-likeness (QED) is 0.485. The zero-order chi connectivity index (χ0) is 20.5. The molecule has 2 atom stereocenters. The lowest BCUT2D eigenvalue weighted by molar-refractivity contribution is 0.0974. The van der Waals surface area contributed by atoms with Gasteiger partial charge >= 0.3 is 0 Å². The number of aryl methyl sites for hydroxylation is 2. The minimum Gasteiger partial charge on any atom is -0.378 e. The Morgan fingerprint density at radius 2 is 1.66 bits per heavy atom. The number of rotatable bonds is 3. The van der Waals surface area contributed by atoms with Crippen LogP contribution in [0.4, 0.5) is 11.4 Å². The third-order valence-electron chi connectivity index (χ3n) is 5.69. The lowest BCUT2D eigenvalue weighted by Gasteiger charge is -2.41.